The van der Waals surface area contributed by atoms with Crippen molar-refractivity contribution in [3.05, 3.63) is 59.2 Å². The summed E-state index contributed by atoms with van der Waals surface area (Å²) in [5.74, 6) is 0. The fraction of sp³-hybridized carbons (Fsp3) is 0.250. The molecule has 0 amide bonds. The van der Waals surface area contributed by atoms with Crippen molar-refractivity contribution in [1.82, 2.24) is 0 Å². The summed E-state index contributed by atoms with van der Waals surface area (Å²) in [5.41, 5.74) is 4.53. The summed E-state index contributed by atoms with van der Waals surface area (Å²) >= 11 is 0. The van der Waals surface area contributed by atoms with Crippen molar-refractivity contribution in [2.24, 2.45) is 0 Å². The summed E-state index contributed by atoms with van der Waals surface area (Å²) in [6, 6.07) is 13.3. The van der Waals surface area contributed by atoms with Crippen LogP contribution in [-0.2, 0) is 16.6 Å². The van der Waals surface area contributed by atoms with E-state index in [4.69, 9.17) is 0 Å². The first-order valence-electron chi connectivity index (χ1n) is 6.92. The standard InChI is InChI=1S/C16H18N2O2S/c1-12-9-13(2)11-15(10-12)17-21(19,20)18-8-7-14-5-3-4-6-16(14)18/h3-6,9-11,17H,7-8H2,1-2H3. The van der Waals surface area contributed by atoms with Crippen LogP contribution in [0.15, 0.2) is 42.5 Å². The Morgan fingerprint density at radius 2 is 1.71 bits per heavy atom. The molecule has 0 unspecified atom stereocenters. The topological polar surface area (TPSA) is 49.4 Å². The fourth-order valence-electron chi connectivity index (χ4n) is 2.80. The van der Waals surface area contributed by atoms with Gasteiger partial charge in [0.2, 0.25) is 0 Å². The van der Waals surface area contributed by atoms with Crippen molar-refractivity contribution >= 4 is 21.6 Å². The van der Waals surface area contributed by atoms with Gasteiger partial charge in [-0.15, -0.1) is 0 Å². The molecule has 0 aromatic heterocycles. The van der Waals surface area contributed by atoms with Crippen molar-refractivity contribution in [1.29, 1.82) is 0 Å². The zero-order valence-electron chi connectivity index (χ0n) is 12.1. The molecule has 0 fully saturated rings. The smallest absolute Gasteiger partial charge is 0.267 e. The summed E-state index contributed by atoms with van der Waals surface area (Å²) in [5, 5.41) is 0. The lowest BCUT2D eigenvalue weighted by atomic mass is 10.1. The van der Waals surface area contributed by atoms with Crippen molar-refractivity contribution < 1.29 is 8.42 Å². The second-order valence-electron chi connectivity index (χ2n) is 5.43. The molecule has 4 nitrogen and oxygen atoms in total. The van der Waals surface area contributed by atoms with E-state index in [1.807, 2.05) is 56.3 Å². The quantitative estimate of drug-likeness (QED) is 0.947. The first-order valence-corrected chi connectivity index (χ1v) is 8.36. The number of hydrogen-bond acceptors (Lipinski definition) is 2. The molecule has 1 N–H and O–H groups in total. The molecular formula is C16H18N2O2S. The normalized spacial score (nSPS) is 14.1. The number of fused-ring (bicyclic) bond motifs is 1. The van der Waals surface area contributed by atoms with Gasteiger partial charge in [0.1, 0.15) is 0 Å². The van der Waals surface area contributed by atoms with Crippen LogP contribution in [0.1, 0.15) is 16.7 Å². The van der Waals surface area contributed by atoms with E-state index in [9.17, 15) is 8.42 Å². The lowest BCUT2D eigenvalue weighted by Crippen LogP contribution is -2.34. The van der Waals surface area contributed by atoms with Crippen LogP contribution in [0.25, 0.3) is 0 Å². The number of nitrogens with one attached hydrogen (secondary N) is 1. The first-order chi connectivity index (χ1) is 9.95. The number of para-hydroxylation sites is 1. The molecule has 1 aliphatic rings. The molecule has 0 bridgehead atoms. The lowest BCUT2D eigenvalue weighted by Gasteiger charge is -2.20. The highest BCUT2D eigenvalue weighted by molar-refractivity contribution is 7.94. The average molecular weight is 302 g/mol. The minimum absolute atomic E-state index is 0.486. The van der Waals surface area contributed by atoms with Gasteiger partial charge in [0.05, 0.1) is 11.4 Å². The molecule has 3 rings (SSSR count). The average Bonchev–Trinajstić information content (AvgIpc) is 2.81. The van der Waals surface area contributed by atoms with E-state index < -0.39 is 10.2 Å². The molecule has 21 heavy (non-hydrogen) atoms. The third kappa shape index (κ3) is 2.74. The fourth-order valence-corrected chi connectivity index (χ4v) is 4.09. The maximum atomic E-state index is 12.6. The van der Waals surface area contributed by atoms with E-state index in [-0.39, 0.29) is 0 Å². The van der Waals surface area contributed by atoms with E-state index in [0.717, 1.165) is 28.8 Å². The van der Waals surface area contributed by atoms with Crippen LogP contribution in [0, 0.1) is 13.8 Å². The second-order valence-corrected chi connectivity index (χ2v) is 7.03. The minimum atomic E-state index is -3.58. The highest BCUT2D eigenvalue weighted by Crippen LogP contribution is 2.30. The number of rotatable bonds is 3. The Kier molecular flexibility index (Phi) is 3.37. The van der Waals surface area contributed by atoms with Gasteiger partial charge in [-0.25, -0.2) is 0 Å². The van der Waals surface area contributed by atoms with Crippen LogP contribution in [-0.4, -0.2) is 15.0 Å². The highest BCUT2D eigenvalue weighted by atomic mass is 32.2. The molecule has 110 valence electrons. The number of benzene rings is 2. The van der Waals surface area contributed by atoms with Crippen molar-refractivity contribution in [2.75, 3.05) is 15.6 Å². The third-order valence-corrected chi connectivity index (χ3v) is 5.06. The van der Waals surface area contributed by atoms with E-state index in [0.29, 0.717) is 12.2 Å². The Balaban J connectivity index is 1.92. The van der Waals surface area contributed by atoms with E-state index in [1.54, 1.807) is 0 Å². The SMILES string of the molecule is Cc1cc(C)cc(NS(=O)(=O)N2CCc3ccccc32)c1. The van der Waals surface area contributed by atoms with Crippen molar-refractivity contribution in [3.8, 4) is 0 Å². The van der Waals surface area contributed by atoms with E-state index >= 15 is 0 Å². The second kappa shape index (κ2) is 5.07. The molecule has 1 heterocycles. The summed E-state index contributed by atoms with van der Waals surface area (Å²) in [6.45, 7) is 4.39. The van der Waals surface area contributed by atoms with Crippen molar-refractivity contribution in [2.45, 2.75) is 20.3 Å². The Bertz CT molecular complexity index is 764. The Labute approximate surface area is 125 Å². The Hall–Kier alpha value is -2.01. The van der Waals surface area contributed by atoms with Crippen LogP contribution < -0.4 is 9.03 Å². The summed E-state index contributed by atoms with van der Waals surface area (Å²) in [6.07, 6.45) is 0.754. The lowest BCUT2D eigenvalue weighted by molar-refractivity contribution is 0.597. The molecule has 0 saturated heterocycles. The molecule has 1 aliphatic heterocycles. The van der Waals surface area contributed by atoms with Gasteiger partial charge in [-0.1, -0.05) is 24.3 Å². The summed E-state index contributed by atoms with van der Waals surface area (Å²) < 4.78 is 29.3. The monoisotopic (exact) mass is 302 g/mol. The molecule has 0 saturated carbocycles. The maximum absolute atomic E-state index is 12.6. The number of nitrogens with zero attached hydrogens (tertiary/aromatic N) is 1. The molecule has 5 heteroatoms. The van der Waals surface area contributed by atoms with Crippen LogP contribution in [0.5, 0.6) is 0 Å². The molecule has 2 aromatic carbocycles. The number of hydrogen-bond donors (Lipinski definition) is 1. The van der Waals surface area contributed by atoms with Crippen LogP contribution in [0.3, 0.4) is 0 Å². The molecular weight excluding hydrogens is 284 g/mol. The maximum Gasteiger partial charge on any atom is 0.323 e. The molecule has 0 atom stereocenters. The predicted octanol–water partition coefficient (Wildman–Crippen LogP) is 3.02. The molecule has 0 spiro atoms. The van der Waals surface area contributed by atoms with Gasteiger partial charge in [0, 0.05) is 6.54 Å². The van der Waals surface area contributed by atoms with Crippen LogP contribution in [0.2, 0.25) is 0 Å². The zero-order chi connectivity index (χ0) is 15.0. The van der Waals surface area contributed by atoms with Gasteiger partial charge in [-0.05, 0) is 55.2 Å². The number of aryl methyl sites for hydroxylation is 2. The minimum Gasteiger partial charge on any atom is -0.267 e. The highest BCUT2D eigenvalue weighted by Gasteiger charge is 2.29. The van der Waals surface area contributed by atoms with Gasteiger partial charge < -0.3 is 0 Å². The van der Waals surface area contributed by atoms with Gasteiger partial charge in [0.15, 0.2) is 0 Å². The predicted molar refractivity (Wildman–Crippen MR) is 86.0 cm³/mol. The van der Waals surface area contributed by atoms with Crippen LogP contribution in [0.4, 0.5) is 11.4 Å². The first kappa shape index (κ1) is 13.9. The number of anilines is 2. The van der Waals surface area contributed by atoms with Gasteiger partial charge >= 0.3 is 10.2 Å². The van der Waals surface area contributed by atoms with Gasteiger partial charge in [0.25, 0.3) is 0 Å². The van der Waals surface area contributed by atoms with Gasteiger partial charge in [-0.3, -0.25) is 9.03 Å². The molecule has 0 aliphatic carbocycles. The van der Waals surface area contributed by atoms with Crippen LogP contribution >= 0.6 is 0 Å². The van der Waals surface area contributed by atoms with E-state index in [2.05, 4.69) is 4.72 Å². The summed E-state index contributed by atoms with van der Waals surface area (Å²) in [4.78, 5) is 0. The Morgan fingerprint density at radius 1 is 1.05 bits per heavy atom. The van der Waals surface area contributed by atoms with E-state index in [1.165, 1.54) is 4.31 Å². The molecule has 2 aromatic rings. The largest absolute Gasteiger partial charge is 0.323 e. The van der Waals surface area contributed by atoms with Gasteiger partial charge in [-0.2, -0.15) is 8.42 Å². The Morgan fingerprint density at radius 3 is 2.43 bits per heavy atom. The third-order valence-electron chi connectivity index (χ3n) is 3.60. The summed E-state index contributed by atoms with van der Waals surface area (Å²) in [7, 11) is -3.58. The molecule has 0 radical (unpaired) electrons. The van der Waals surface area contributed by atoms with Crippen molar-refractivity contribution in [3.63, 3.8) is 0 Å². The zero-order valence-corrected chi connectivity index (χ0v) is 12.9.